The Balaban J connectivity index is 2.45. The highest BCUT2D eigenvalue weighted by Crippen LogP contribution is 2.45. The van der Waals surface area contributed by atoms with Gasteiger partial charge in [-0.1, -0.05) is 13.8 Å². The Kier molecular flexibility index (Phi) is 5.03. The molecule has 0 aliphatic heterocycles. The molecule has 0 saturated heterocycles. The van der Waals surface area contributed by atoms with Crippen molar-refractivity contribution < 1.29 is 23.0 Å². The Hall–Kier alpha value is -0.330. The Bertz CT molecular complexity index is 273. The van der Waals surface area contributed by atoms with Crippen LogP contribution in [-0.4, -0.2) is 42.7 Å². The fraction of sp³-hybridized carbons (Fsp3) is 1.00. The highest BCUT2D eigenvalue weighted by atomic mass is 19.4. The molecule has 0 radical (unpaired) electrons. The van der Waals surface area contributed by atoms with Crippen molar-refractivity contribution in [3.05, 3.63) is 0 Å². The number of halogens is 3. The minimum Gasteiger partial charge on any atom is -0.382 e. The van der Waals surface area contributed by atoms with E-state index in [2.05, 4.69) is 5.32 Å². The largest absolute Gasteiger partial charge is 0.415 e. The predicted molar refractivity (Wildman–Crippen MR) is 62.3 cm³/mol. The van der Waals surface area contributed by atoms with Crippen molar-refractivity contribution in [1.29, 1.82) is 0 Å². The van der Waals surface area contributed by atoms with E-state index in [0.29, 0.717) is 13.0 Å². The van der Waals surface area contributed by atoms with E-state index in [9.17, 15) is 13.2 Å². The van der Waals surface area contributed by atoms with E-state index in [-0.39, 0.29) is 17.6 Å². The summed E-state index contributed by atoms with van der Waals surface area (Å²) in [4.78, 5) is 0. The van der Waals surface area contributed by atoms with E-state index >= 15 is 0 Å². The molecule has 1 saturated carbocycles. The summed E-state index contributed by atoms with van der Waals surface area (Å²) in [5.41, 5.74) is -0.151. The zero-order valence-electron chi connectivity index (χ0n) is 11.0. The quantitative estimate of drug-likeness (QED) is 0.776. The van der Waals surface area contributed by atoms with E-state index < -0.39 is 18.8 Å². The van der Waals surface area contributed by atoms with Gasteiger partial charge in [-0.25, -0.2) is 0 Å². The number of alkyl halides is 3. The molecule has 0 amide bonds. The van der Waals surface area contributed by atoms with Crippen molar-refractivity contribution in [1.82, 2.24) is 5.32 Å². The molecule has 1 aliphatic carbocycles. The van der Waals surface area contributed by atoms with Crippen LogP contribution in [0.5, 0.6) is 0 Å². The smallest absolute Gasteiger partial charge is 0.382 e. The standard InChI is InChI=1S/C12H22F3NO2/c1-4-11(3)8(6-10(11)18-5-2)16-7-9(17)12(13,14)15/h8-10,16-17H,4-7H2,1-3H3. The molecule has 4 unspecified atom stereocenters. The summed E-state index contributed by atoms with van der Waals surface area (Å²) in [6.45, 7) is 6.07. The summed E-state index contributed by atoms with van der Waals surface area (Å²) in [5.74, 6) is 0. The van der Waals surface area contributed by atoms with Crippen molar-refractivity contribution in [2.24, 2.45) is 5.41 Å². The summed E-state index contributed by atoms with van der Waals surface area (Å²) >= 11 is 0. The van der Waals surface area contributed by atoms with Crippen molar-refractivity contribution in [2.75, 3.05) is 13.2 Å². The maximum Gasteiger partial charge on any atom is 0.415 e. The highest BCUT2D eigenvalue weighted by molar-refractivity contribution is 5.05. The molecule has 6 heteroatoms. The Morgan fingerprint density at radius 3 is 2.50 bits per heavy atom. The third-order valence-corrected chi connectivity index (χ3v) is 4.05. The highest BCUT2D eigenvalue weighted by Gasteiger charge is 2.51. The lowest BCUT2D eigenvalue weighted by Crippen LogP contribution is -2.63. The molecule has 0 bridgehead atoms. The molecule has 4 atom stereocenters. The van der Waals surface area contributed by atoms with E-state index in [4.69, 9.17) is 9.84 Å². The summed E-state index contributed by atoms with van der Waals surface area (Å²) in [5, 5.41) is 11.8. The summed E-state index contributed by atoms with van der Waals surface area (Å²) in [6.07, 6.45) is -5.24. The minimum absolute atomic E-state index is 0.0314. The number of hydrogen-bond donors (Lipinski definition) is 2. The number of hydrogen-bond acceptors (Lipinski definition) is 3. The molecule has 1 aliphatic rings. The molecule has 0 heterocycles. The van der Waals surface area contributed by atoms with Gasteiger partial charge in [0.05, 0.1) is 6.10 Å². The second-order valence-electron chi connectivity index (χ2n) is 5.06. The average molecular weight is 269 g/mol. The molecule has 0 aromatic heterocycles. The van der Waals surface area contributed by atoms with Crippen molar-refractivity contribution in [3.63, 3.8) is 0 Å². The number of aliphatic hydroxyl groups excluding tert-OH is 1. The topological polar surface area (TPSA) is 41.5 Å². The third kappa shape index (κ3) is 3.16. The van der Waals surface area contributed by atoms with Gasteiger partial charge in [0.15, 0.2) is 6.10 Å². The number of aliphatic hydroxyl groups is 1. The molecule has 18 heavy (non-hydrogen) atoms. The van der Waals surface area contributed by atoms with E-state index in [1.165, 1.54) is 0 Å². The molecule has 1 rings (SSSR count). The van der Waals surface area contributed by atoms with Crippen LogP contribution in [0.1, 0.15) is 33.6 Å². The van der Waals surface area contributed by atoms with Gasteiger partial charge in [0.2, 0.25) is 0 Å². The van der Waals surface area contributed by atoms with Crippen LogP contribution in [-0.2, 0) is 4.74 Å². The first-order chi connectivity index (χ1) is 8.25. The molecular weight excluding hydrogens is 247 g/mol. The fourth-order valence-electron chi connectivity index (χ4n) is 2.44. The fourth-order valence-corrected chi connectivity index (χ4v) is 2.44. The lowest BCUT2D eigenvalue weighted by Gasteiger charge is -2.54. The molecule has 0 aromatic carbocycles. The van der Waals surface area contributed by atoms with E-state index in [1.54, 1.807) is 0 Å². The first-order valence-corrected chi connectivity index (χ1v) is 6.35. The lowest BCUT2D eigenvalue weighted by atomic mass is 9.61. The molecule has 1 fully saturated rings. The SMILES string of the molecule is CCOC1CC(NCC(O)C(F)(F)F)C1(C)CC. The van der Waals surface area contributed by atoms with Gasteiger partial charge >= 0.3 is 6.18 Å². The Morgan fingerprint density at radius 2 is 2.06 bits per heavy atom. The van der Waals surface area contributed by atoms with Gasteiger partial charge in [0, 0.05) is 24.6 Å². The third-order valence-electron chi connectivity index (χ3n) is 4.05. The zero-order valence-corrected chi connectivity index (χ0v) is 11.0. The van der Waals surface area contributed by atoms with Crippen molar-refractivity contribution >= 4 is 0 Å². The maximum absolute atomic E-state index is 12.2. The number of ether oxygens (including phenoxy) is 1. The molecule has 0 spiro atoms. The molecule has 2 N–H and O–H groups in total. The van der Waals surface area contributed by atoms with Gasteiger partial charge in [-0.05, 0) is 19.8 Å². The van der Waals surface area contributed by atoms with Crippen LogP contribution in [0.25, 0.3) is 0 Å². The van der Waals surface area contributed by atoms with Gasteiger partial charge in [0.25, 0.3) is 0 Å². The van der Waals surface area contributed by atoms with Crippen LogP contribution < -0.4 is 5.32 Å². The van der Waals surface area contributed by atoms with Crippen LogP contribution >= 0.6 is 0 Å². The summed E-state index contributed by atoms with van der Waals surface area (Å²) in [7, 11) is 0. The average Bonchev–Trinajstić information content (AvgIpc) is 2.29. The normalized spacial score (nSPS) is 34.2. The second-order valence-corrected chi connectivity index (χ2v) is 5.06. The van der Waals surface area contributed by atoms with Gasteiger partial charge in [-0.15, -0.1) is 0 Å². The van der Waals surface area contributed by atoms with Crippen LogP contribution in [0.3, 0.4) is 0 Å². The monoisotopic (exact) mass is 269 g/mol. The first-order valence-electron chi connectivity index (χ1n) is 6.35. The minimum atomic E-state index is -4.56. The summed E-state index contributed by atoms with van der Waals surface area (Å²) < 4.78 is 42.1. The van der Waals surface area contributed by atoms with Gasteiger partial charge < -0.3 is 15.2 Å². The van der Waals surface area contributed by atoms with Gasteiger partial charge in [-0.3, -0.25) is 0 Å². The predicted octanol–water partition coefficient (Wildman–Crippen LogP) is 2.09. The van der Waals surface area contributed by atoms with E-state index in [0.717, 1.165) is 6.42 Å². The molecule has 108 valence electrons. The number of nitrogens with one attached hydrogen (secondary N) is 1. The van der Waals surface area contributed by atoms with Crippen LogP contribution in [0.2, 0.25) is 0 Å². The number of rotatable bonds is 6. The van der Waals surface area contributed by atoms with Crippen molar-refractivity contribution in [2.45, 2.75) is 58.0 Å². The molecule has 0 aromatic rings. The van der Waals surface area contributed by atoms with Crippen molar-refractivity contribution in [3.8, 4) is 0 Å². The maximum atomic E-state index is 12.2. The van der Waals surface area contributed by atoms with Crippen LogP contribution in [0, 0.1) is 5.41 Å². The summed E-state index contributed by atoms with van der Waals surface area (Å²) in [6, 6.07) is -0.0314. The molecule has 3 nitrogen and oxygen atoms in total. The van der Waals surface area contributed by atoms with Crippen LogP contribution in [0.15, 0.2) is 0 Å². The van der Waals surface area contributed by atoms with Crippen LogP contribution in [0.4, 0.5) is 13.2 Å². The Labute approximate surface area is 106 Å². The van der Waals surface area contributed by atoms with E-state index in [1.807, 2.05) is 20.8 Å². The first kappa shape index (κ1) is 15.7. The zero-order chi connectivity index (χ0) is 14.0. The molecular formula is C12H22F3NO2. The lowest BCUT2D eigenvalue weighted by molar-refractivity contribution is -0.205. The second kappa shape index (κ2) is 5.75. The Morgan fingerprint density at radius 1 is 1.44 bits per heavy atom. The van der Waals surface area contributed by atoms with Gasteiger partial charge in [0.1, 0.15) is 0 Å². The van der Waals surface area contributed by atoms with Gasteiger partial charge in [-0.2, -0.15) is 13.2 Å².